The monoisotopic (exact) mass is 445 g/mol. The van der Waals surface area contributed by atoms with Crippen molar-refractivity contribution in [2.75, 3.05) is 25.3 Å². The maximum atomic E-state index is 12.3. The van der Waals surface area contributed by atoms with Crippen LogP contribution in [0.4, 0.5) is 5.00 Å². The Morgan fingerprint density at radius 1 is 1.16 bits per heavy atom. The van der Waals surface area contributed by atoms with E-state index in [9.17, 15) is 14.4 Å². The second-order valence-corrected chi connectivity index (χ2v) is 7.74. The van der Waals surface area contributed by atoms with Crippen LogP contribution in [0.5, 0.6) is 11.5 Å². The molecule has 0 radical (unpaired) electrons. The van der Waals surface area contributed by atoms with Crippen LogP contribution < -0.4 is 14.8 Å². The summed E-state index contributed by atoms with van der Waals surface area (Å²) in [5.74, 6) is -0.449. The Labute approximate surface area is 183 Å². The van der Waals surface area contributed by atoms with Gasteiger partial charge in [-0.1, -0.05) is 13.0 Å². The first kappa shape index (κ1) is 22.4. The van der Waals surface area contributed by atoms with E-state index in [1.54, 1.807) is 31.2 Å². The Balaban J connectivity index is 1.57. The third-order valence-electron chi connectivity index (χ3n) is 4.45. The van der Waals surface area contributed by atoms with E-state index >= 15 is 0 Å². The second-order valence-electron chi connectivity index (χ2n) is 6.52. The van der Waals surface area contributed by atoms with E-state index in [1.165, 1.54) is 17.4 Å². The minimum Gasteiger partial charge on any atom is -0.462 e. The number of nitrogens with one attached hydrogen (secondary N) is 1. The summed E-state index contributed by atoms with van der Waals surface area (Å²) >= 11 is 1.29. The van der Waals surface area contributed by atoms with Crippen molar-refractivity contribution in [2.45, 2.75) is 27.2 Å². The molecule has 0 saturated heterocycles. The molecule has 1 amide bonds. The lowest BCUT2D eigenvalue weighted by molar-refractivity contribution is -0.142. The summed E-state index contributed by atoms with van der Waals surface area (Å²) in [7, 11) is 0. The normalized spacial score (nSPS) is 12.1. The van der Waals surface area contributed by atoms with Crippen LogP contribution in [0.15, 0.2) is 24.3 Å². The first-order valence-corrected chi connectivity index (χ1v) is 10.6. The van der Waals surface area contributed by atoms with Gasteiger partial charge >= 0.3 is 11.9 Å². The molecule has 0 bridgehead atoms. The Kier molecular flexibility index (Phi) is 7.30. The number of carbonyl (C=O) groups excluding carboxylic acids is 3. The van der Waals surface area contributed by atoms with Gasteiger partial charge < -0.3 is 24.3 Å². The summed E-state index contributed by atoms with van der Waals surface area (Å²) in [5.41, 5.74) is 1.92. The van der Waals surface area contributed by atoms with Crippen molar-refractivity contribution in [1.82, 2.24) is 0 Å². The van der Waals surface area contributed by atoms with Gasteiger partial charge in [-0.05, 0) is 49.6 Å². The highest BCUT2D eigenvalue weighted by molar-refractivity contribution is 7.16. The number of thiophene rings is 1. The molecule has 8 nitrogen and oxygen atoms in total. The number of anilines is 1. The highest BCUT2D eigenvalue weighted by Gasteiger charge is 2.23. The lowest BCUT2D eigenvalue weighted by Crippen LogP contribution is -2.21. The molecule has 2 aromatic rings. The van der Waals surface area contributed by atoms with E-state index in [4.69, 9.17) is 18.9 Å². The van der Waals surface area contributed by atoms with E-state index in [0.29, 0.717) is 28.5 Å². The first-order chi connectivity index (χ1) is 14.9. The fourth-order valence-electron chi connectivity index (χ4n) is 3.04. The average Bonchev–Trinajstić information content (AvgIpc) is 3.33. The fraction of sp³-hybridized carbons (Fsp3) is 0.318. The Morgan fingerprint density at radius 3 is 2.68 bits per heavy atom. The van der Waals surface area contributed by atoms with Crippen LogP contribution in [0.3, 0.4) is 0 Å². The second kappa shape index (κ2) is 10.1. The molecule has 0 saturated carbocycles. The molecule has 0 aliphatic carbocycles. The molecular formula is C22H23NO7S. The Morgan fingerprint density at radius 2 is 1.94 bits per heavy atom. The molecule has 1 N–H and O–H groups in total. The third-order valence-corrected chi connectivity index (χ3v) is 5.51. The van der Waals surface area contributed by atoms with Crippen LogP contribution in [0.2, 0.25) is 0 Å². The predicted octanol–water partition coefficient (Wildman–Crippen LogP) is 3.72. The van der Waals surface area contributed by atoms with E-state index in [2.05, 4.69) is 5.32 Å². The molecule has 1 aliphatic rings. The topological polar surface area (TPSA) is 100 Å². The van der Waals surface area contributed by atoms with Crippen LogP contribution in [0.1, 0.15) is 40.2 Å². The molecule has 9 heteroatoms. The van der Waals surface area contributed by atoms with Crippen molar-refractivity contribution >= 4 is 40.3 Å². The number of amides is 1. The number of fused-ring (bicyclic) bond motifs is 1. The van der Waals surface area contributed by atoms with Crippen molar-refractivity contribution < 1.29 is 33.3 Å². The standard InChI is InChI=1S/C22H23NO7S/c1-4-15-13(3)31-21(20(15)22(26)27-5-2)23-18(24)11-28-19(25)9-7-14-6-8-16-17(10-14)30-12-29-16/h6-10H,4-5,11-12H2,1-3H3,(H,23,24). The molecule has 0 unspecified atom stereocenters. The highest BCUT2D eigenvalue weighted by atomic mass is 32.1. The highest BCUT2D eigenvalue weighted by Crippen LogP contribution is 2.34. The molecule has 1 aromatic carbocycles. The lowest BCUT2D eigenvalue weighted by Gasteiger charge is -2.08. The zero-order valence-electron chi connectivity index (χ0n) is 17.5. The van der Waals surface area contributed by atoms with Gasteiger partial charge in [0.2, 0.25) is 6.79 Å². The van der Waals surface area contributed by atoms with Gasteiger partial charge in [0.05, 0.1) is 12.2 Å². The van der Waals surface area contributed by atoms with Gasteiger partial charge in [0.1, 0.15) is 5.00 Å². The number of benzene rings is 1. The quantitative estimate of drug-likeness (QED) is 0.488. The van der Waals surface area contributed by atoms with Crippen molar-refractivity contribution in [3.63, 3.8) is 0 Å². The van der Waals surface area contributed by atoms with E-state index in [0.717, 1.165) is 16.0 Å². The van der Waals surface area contributed by atoms with Gasteiger partial charge in [-0.2, -0.15) is 0 Å². The number of carbonyl (C=O) groups is 3. The summed E-state index contributed by atoms with van der Waals surface area (Å²) < 4.78 is 20.6. The Bertz CT molecular complexity index is 1030. The number of hydrogen-bond acceptors (Lipinski definition) is 8. The first-order valence-electron chi connectivity index (χ1n) is 9.76. The number of esters is 2. The molecule has 1 aliphatic heterocycles. The van der Waals surface area contributed by atoms with Crippen LogP contribution in [0.25, 0.3) is 6.08 Å². The minimum atomic E-state index is -0.671. The van der Waals surface area contributed by atoms with Gasteiger partial charge in [0.25, 0.3) is 5.91 Å². The summed E-state index contributed by atoms with van der Waals surface area (Å²) in [6, 6.07) is 5.25. The van der Waals surface area contributed by atoms with Crippen LogP contribution in [0, 0.1) is 6.92 Å². The zero-order valence-corrected chi connectivity index (χ0v) is 18.3. The van der Waals surface area contributed by atoms with Crippen LogP contribution in [-0.4, -0.2) is 37.9 Å². The molecule has 1 aromatic heterocycles. The molecule has 0 atom stereocenters. The number of hydrogen-bond donors (Lipinski definition) is 1. The van der Waals surface area contributed by atoms with Crippen molar-refractivity contribution in [1.29, 1.82) is 0 Å². The van der Waals surface area contributed by atoms with E-state index < -0.39 is 24.5 Å². The third kappa shape index (κ3) is 5.43. The van der Waals surface area contributed by atoms with Crippen molar-refractivity contribution in [2.24, 2.45) is 0 Å². The van der Waals surface area contributed by atoms with Crippen molar-refractivity contribution in [3.05, 3.63) is 45.8 Å². The summed E-state index contributed by atoms with van der Waals surface area (Å²) in [6.45, 7) is 5.45. The molecule has 0 spiro atoms. The van der Waals surface area contributed by atoms with Crippen LogP contribution >= 0.6 is 11.3 Å². The predicted molar refractivity (Wildman–Crippen MR) is 116 cm³/mol. The molecule has 2 heterocycles. The molecule has 164 valence electrons. The molecule has 3 rings (SSSR count). The van der Waals surface area contributed by atoms with Gasteiger partial charge in [-0.3, -0.25) is 4.79 Å². The van der Waals surface area contributed by atoms with E-state index in [-0.39, 0.29) is 13.4 Å². The number of aryl methyl sites for hydroxylation is 1. The summed E-state index contributed by atoms with van der Waals surface area (Å²) in [5, 5.41) is 3.04. The molecule has 0 fully saturated rings. The average molecular weight is 445 g/mol. The van der Waals surface area contributed by atoms with Gasteiger partial charge in [0, 0.05) is 11.0 Å². The van der Waals surface area contributed by atoms with Gasteiger partial charge in [0.15, 0.2) is 18.1 Å². The smallest absolute Gasteiger partial charge is 0.341 e. The maximum Gasteiger partial charge on any atom is 0.341 e. The molecule has 31 heavy (non-hydrogen) atoms. The maximum absolute atomic E-state index is 12.3. The van der Waals surface area contributed by atoms with Crippen molar-refractivity contribution in [3.8, 4) is 11.5 Å². The number of ether oxygens (including phenoxy) is 4. The van der Waals surface area contributed by atoms with E-state index in [1.807, 2.05) is 13.8 Å². The fourth-order valence-corrected chi connectivity index (χ4v) is 4.19. The largest absolute Gasteiger partial charge is 0.462 e. The number of rotatable bonds is 8. The molecular weight excluding hydrogens is 422 g/mol. The summed E-state index contributed by atoms with van der Waals surface area (Å²) in [6.07, 6.45) is 3.41. The lowest BCUT2D eigenvalue weighted by atomic mass is 10.1. The minimum absolute atomic E-state index is 0.168. The van der Waals surface area contributed by atoms with Crippen LogP contribution in [-0.2, 0) is 25.5 Å². The Hall–Kier alpha value is -3.33. The zero-order chi connectivity index (χ0) is 22.4. The van der Waals surface area contributed by atoms with Gasteiger partial charge in [-0.25, -0.2) is 9.59 Å². The summed E-state index contributed by atoms with van der Waals surface area (Å²) in [4.78, 5) is 37.5. The van der Waals surface area contributed by atoms with Gasteiger partial charge in [-0.15, -0.1) is 11.3 Å². The SMILES string of the molecule is CCOC(=O)c1c(NC(=O)COC(=O)C=Cc2ccc3c(c2)OCO3)sc(C)c1CC.